The summed E-state index contributed by atoms with van der Waals surface area (Å²) in [5.74, 6) is 0.246. The summed E-state index contributed by atoms with van der Waals surface area (Å²) in [5.41, 5.74) is 0.712. The Balaban J connectivity index is 2.12. The Hall–Kier alpha value is -3.80. The van der Waals surface area contributed by atoms with Crippen molar-refractivity contribution in [3.63, 3.8) is 0 Å². The second-order valence-electron chi connectivity index (χ2n) is 5.92. The van der Waals surface area contributed by atoms with E-state index in [0.717, 1.165) is 11.6 Å². The maximum atomic E-state index is 13.2. The number of benzene rings is 2. The summed E-state index contributed by atoms with van der Waals surface area (Å²) in [6, 6.07) is 18.7. The number of fused-ring (bicyclic) bond motifs is 1. The molecule has 0 fully saturated rings. The topological polar surface area (TPSA) is 81.7 Å². The lowest BCUT2D eigenvalue weighted by Crippen LogP contribution is -2.21. The predicted molar refractivity (Wildman–Crippen MR) is 102 cm³/mol. The van der Waals surface area contributed by atoms with E-state index in [1.165, 1.54) is 4.57 Å². The number of aromatic hydroxyl groups is 1. The molecule has 27 heavy (non-hydrogen) atoms. The lowest BCUT2D eigenvalue weighted by molar-refractivity contribution is 0.414. The molecule has 2 aromatic carbocycles. The van der Waals surface area contributed by atoms with Crippen molar-refractivity contribution in [1.29, 1.82) is 0 Å². The molecule has 0 aliphatic heterocycles. The van der Waals surface area contributed by atoms with Crippen molar-refractivity contribution in [2.75, 3.05) is 7.11 Å². The first-order chi connectivity index (χ1) is 13.1. The van der Waals surface area contributed by atoms with E-state index >= 15 is 0 Å². The third-order valence-electron chi connectivity index (χ3n) is 4.29. The SMILES string of the molecule is COc1ccc(-n2c(-c3ccccc3)cc3oc(=O)cc(O)c3c2=O)cc1. The van der Waals surface area contributed by atoms with Crippen LogP contribution in [-0.4, -0.2) is 16.8 Å². The predicted octanol–water partition coefficient (Wildman–Crippen LogP) is 3.33. The molecule has 2 aromatic heterocycles. The van der Waals surface area contributed by atoms with Crippen molar-refractivity contribution in [3.8, 4) is 28.4 Å². The highest BCUT2D eigenvalue weighted by Crippen LogP contribution is 2.28. The molecule has 0 amide bonds. The molecule has 6 nitrogen and oxygen atoms in total. The Morgan fingerprint density at radius 2 is 1.67 bits per heavy atom. The van der Waals surface area contributed by atoms with E-state index in [1.807, 2.05) is 30.3 Å². The van der Waals surface area contributed by atoms with Crippen molar-refractivity contribution < 1.29 is 14.3 Å². The minimum Gasteiger partial charge on any atom is -0.507 e. The maximum Gasteiger partial charge on any atom is 0.339 e. The molecule has 0 atom stereocenters. The zero-order valence-electron chi connectivity index (χ0n) is 14.4. The molecule has 4 rings (SSSR count). The quantitative estimate of drug-likeness (QED) is 0.605. The van der Waals surface area contributed by atoms with Crippen molar-refractivity contribution in [2.45, 2.75) is 0 Å². The van der Waals surface area contributed by atoms with Gasteiger partial charge >= 0.3 is 5.63 Å². The van der Waals surface area contributed by atoms with Crippen LogP contribution in [0.4, 0.5) is 0 Å². The lowest BCUT2D eigenvalue weighted by Gasteiger charge is -2.15. The van der Waals surface area contributed by atoms with E-state index in [2.05, 4.69) is 0 Å². The summed E-state index contributed by atoms with van der Waals surface area (Å²) in [7, 11) is 1.56. The van der Waals surface area contributed by atoms with Gasteiger partial charge in [-0.1, -0.05) is 30.3 Å². The Kier molecular flexibility index (Phi) is 4.01. The van der Waals surface area contributed by atoms with Gasteiger partial charge in [0.2, 0.25) is 0 Å². The van der Waals surface area contributed by atoms with Crippen LogP contribution in [-0.2, 0) is 0 Å². The summed E-state index contributed by atoms with van der Waals surface area (Å²) in [6.45, 7) is 0. The fraction of sp³-hybridized carbons (Fsp3) is 0.0476. The summed E-state index contributed by atoms with van der Waals surface area (Å²) >= 11 is 0. The maximum absolute atomic E-state index is 13.2. The summed E-state index contributed by atoms with van der Waals surface area (Å²) in [4.78, 5) is 24.9. The molecule has 0 aliphatic rings. The van der Waals surface area contributed by atoms with E-state index in [-0.39, 0.29) is 11.0 Å². The minimum atomic E-state index is -0.722. The van der Waals surface area contributed by atoms with Crippen LogP contribution in [0.5, 0.6) is 11.5 Å². The number of hydrogen-bond donors (Lipinski definition) is 1. The number of nitrogens with zero attached hydrogens (tertiary/aromatic N) is 1. The first-order valence-electron chi connectivity index (χ1n) is 8.21. The Bertz CT molecular complexity index is 1240. The lowest BCUT2D eigenvalue weighted by atomic mass is 10.1. The fourth-order valence-corrected chi connectivity index (χ4v) is 3.03. The van der Waals surface area contributed by atoms with Gasteiger partial charge in [-0.15, -0.1) is 0 Å². The van der Waals surface area contributed by atoms with Gasteiger partial charge in [-0.2, -0.15) is 0 Å². The monoisotopic (exact) mass is 361 g/mol. The molecule has 1 N–H and O–H groups in total. The molecular formula is C21H15NO5. The van der Waals surface area contributed by atoms with Crippen LogP contribution in [0.15, 0.2) is 80.7 Å². The molecule has 0 saturated carbocycles. The minimum absolute atomic E-state index is 0.0358. The first kappa shape index (κ1) is 16.7. The molecule has 2 heterocycles. The van der Waals surface area contributed by atoms with Crippen molar-refractivity contribution >= 4 is 11.0 Å². The molecule has 6 heteroatoms. The van der Waals surface area contributed by atoms with E-state index in [9.17, 15) is 14.7 Å². The number of aromatic nitrogens is 1. The van der Waals surface area contributed by atoms with Crippen LogP contribution in [0.3, 0.4) is 0 Å². The zero-order chi connectivity index (χ0) is 19.0. The summed E-state index contributed by atoms with van der Waals surface area (Å²) in [6.07, 6.45) is 0. The highest BCUT2D eigenvalue weighted by molar-refractivity contribution is 5.86. The fourth-order valence-electron chi connectivity index (χ4n) is 3.03. The molecule has 0 aliphatic carbocycles. The smallest absolute Gasteiger partial charge is 0.339 e. The molecule has 0 spiro atoms. The second-order valence-corrected chi connectivity index (χ2v) is 5.92. The van der Waals surface area contributed by atoms with Crippen molar-refractivity contribution in [1.82, 2.24) is 4.57 Å². The van der Waals surface area contributed by atoms with Crippen LogP contribution in [0.25, 0.3) is 27.9 Å². The third kappa shape index (κ3) is 2.87. The number of pyridine rings is 1. The van der Waals surface area contributed by atoms with Gasteiger partial charge in [0.05, 0.1) is 18.9 Å². The molecule has 0 unspecified atom stereocenters. The van der Waals surface area contributed by atoms with Crippen LogP contribution >= 0.6 is 0 Å². The van der Waals surface area contributed by atoms with E-state index in [0.29, 0.717) is 17.1 Å². The van der Waals surface area contributed by atoms with Gasteiger partial charge in [0.1, 0.15) is 22.5 Å². The Morgan fingerprint density at radius 3 is 2.33 bits per heavy atom. The van der Waals surface area contributed by atoms with Crippen LogP contribution < -0.4 is 15.9 Å². The van der Waals surface area contributed by atoms with Gasteiger partial charge in [0, 0.05) is 11.8 Å². The van der Waals surface area contributed by atoms with Crippen LogP contribution in [0.2, 0.25) is 0 Å². The Labute approximate surface area is 153 Å². The zero-order valence-corrected chi connectivity index (χ0v) is 14.4. The van der Waals surface area contributed by atoms with Crippen molar-refractivity contribution in [3.05, 3.63) is 87.5 Å². The summed E-state index contributed by atoms with van der Waals surface area (Å²) < 4.78 is 11.8. The molecule has 4 aromatic rings. The molecular weight excluding hydrogens is 346 g/mol. The first-order valence-corrected chi connectivity index (χ1v) is 8.21. The number of rotatable bonds is 3. The highest BCUT2D eigenvalue weighted by atomic mass is 16.5. The van der Waals surface area contributed by atoms with E-state index < -0.39 is 16.9 Å². The largest absolute Gasteiger partial charge is 0.507 e. The van der Waals surface area contributed by atoms with Gasteiger partial charge < -0.3 is 14.3 Å². The number of methoxy groups -OCH3 is 1. The van der Waals surface area contributed by atoms with Gasteiger partial charge in [0.15, 0.2) is 0 Å². The second kappa shape index (κ2) is 6.49. The summed E-state index contributed by atoms with van der Waals surface area (Å²) in [5, 5.41) is 10.1. The normalized spacial score (nSPS) is 10.9. The number of hydrogen-bond acceptors (Lipinski definition) is 5. The Morgan fingerprint density at radius 1 is 0.963 bits per heavy atom. The average molecular weight is 361 g/mol. The highest BCUT2D eigenvalue weighted by Gasteiger charge is 2.17. The van der Waals surface area contributed by atoms with Crippen LogP contribution in [0, 0.1) is 0 Å². The third-order valence-corrected chi connectivity index (χ3v) is 4.29. The standard InChI is InChI=1S/C21H15NO5/c1-26-15-9-7-14(8-10-15)22-16(13-5-3-2-4-6-13)11-18-20(21(22)25)17(23)12-19(24)27-18/h2-12,23H,1H3. The van der Waals surface area contributed by atoms with Gasteiger partial charge in [-0.3, -0.25) is 9.36 Å². The van der Waals surface area contributed by atoms with E-state index in [1.54, 1.807) is 37.4 Å². The van der Waals surface area contributed by atoms with E-state index in [4.69, 9.17) is 9.15 Å². The van der Waals surface area contributed by atoms with Gasteiger partial charge in [-0.05, 0) is 29.8 Å². The molecule has 0 radical (unpaired) electrons. The molecule has 0 saturated heterocycles. The van der Waals surface area contributed by atoms with Crippen molar-refractivity contribution in [2.24, 2.45) is 0 Å². The van der Waals surface area contributed by atoms with Gasteiger partial charge in [-0.25, -0.2) is 4.79 Å². The number of ether oxygens (including phenoxy) is 1. The average Bonchev–Trinajstić information content (AvgIpc) is 2.68. The van der Waals surface area contributed by atoms with Gasteiger partial charge in [0.25, 0.3) is 5.56 Å². The molecule has 0 bridgehead atoms. The molecule has 134 valence electrons. The van der Waals surface area contributed by atoms with Crippen LogP contribution in [0.1, 0.15) is 0 Å².